The summed E-state index contributed by atoms with van der Waals surface area (Å²) in [6.45, 7) is 0.551. The van der Waals surface area contributed by atoms with Crippen LogP contribution in [0.15, 0.2) is 52.8 Å². The van der Waals surface area contributed by atoms with Gasteiger partial charge in [0.1, 0.15) is 11.2 Å². The molecule has 0 unspecified atom stereocenters. The normalized spacial score (nSPS) is 11.8. The lowest BCUT2D eigenvalue weighted by molar-refractivity contribution is -0.627. The van der Waals surface area contributed by atoms with Crippen molar-refractivity contribution in [3.63, 3.8) is 0 Å². The van der Waals surface area contributed by atoms with E-state index in [1.165, 1.54) is 0 Å². The van der Waals surface area contributed by atoms with Crippen LogP contribution in [0, 0.1) is 0 Å². The molecule has 2 aromatic heterocycles. The van der Waals surface area contributed by atoms with Crippen LogP contribution in [0.2, 0.25) is 0 Å². The number of rotatable bonds is 6. The molecule has 0 aliphatic heterocycles. The molecule has 0 radical (unpaired) electrons. The highest BCUT2D eigenvalue weighted by atomic mass is 32.3. The quantitative estimate of drug-likeness (QED) is 0.189. The van der Waals surface area contributed by atoms with Crippen molar-refractivity contribution < 1.29 is 26.8 Å². The Hall–Kier alpha value is -2.97. The largest absolute Gasteiger partial charge is 0.726 e. The van der Waals surface area contributed by atoms with Crippen molar-refractivity contribution in [1.29, 1.82) is 0 Å². The van der Waals surface area contributed by atoms with Crippen LogP contribution >= 0.6 is 11.3 Å². The Morgan fingerprint density at radius 3 is 2.48 bits per heavy atom. The summed E-state index contributed by atoms with van der Waals surface area (Å²) in [6, 6.07) is 12.2. The monoisotopic (exact) mass is 492 g/mol. The number of nitrogens with zero attached hydrogens (tertiary/aromatic N) is 6. The predicted octanol–water partition coefficient (Wildman–Crippen LogP) is 2.64. The second-order valence-corrected chi connectivity index (χ2v) is 9.26. The molecule has 0 atom stereocenters. The minimum Gasteiger partial charge on any atom is -0.726 e. The van der Waals surface area contributed by atoms with Crippen LogP contribution in [-0.4, -0.2) is 55.7 Å². The van der Waals surface area contributed by atoms with Crippen molar-refractivity contribution in [3.05, 3.63) is 42.6 Å². The summed E-state index contributed by atoms with van der Waals surface area (Å²) < 4.78 is 36.0. The van der Waals surface area contributed by atoms with Gasteiger partial charge < -0.3 is 14.6 Å². The highest BCUT2D eigenvalue weighted by Gasteiger charge is 2.18. The van der Waals surface area contributed by atoms with Gasteiger partial charge in [-0.2, -0.15) is 5.10 Å². The third kappa shape index (κ3) is 6.09. The van der Waals surface area contributed by atoms with E-state index >= 15 is 0 Å². The minimum absolute atomic E-state index is 0.0661. The van der Waals surface area contributed by atoms with Gasteiger partial charge in [-0.25, -0.2) is 13.0 Å². The number of aryl methyl sites for hydroxylation is 1. The van der Waals surface area contributed by atoms with E-state index < -0.39 is 10.4 Å². The number of fused-ring (bicyclic) bond motifs is 2. The summed E-state index contributed by atoms with van der Waals surface area (Å²) in [7, 11) is 2.41. The van der Waals surface area contributed by atoms with Gasteiger partial charge in [0.25, 0.3) is 0 Å². The van der Waals surface area contributed by atoms with E-state index in [2.05, 4.69) is 36.5 Å². The van der Waals surface area contributed by atoms with Crippen LogP contribution in [0.4, 0.5) is 16.5 Å². The van der Waals surface area contributed by atoms with E-state index in [0.29, 0.717) is 6.54 Å². The molecule has 0 spiro atoms. The Bertz CT molecular complexity index is 1380. The molecule has 0 fully saturated rings. The van der Waals surface area contributed by atoms with E-state index in [0.717, 1.165) is 44.7 Å². The summed E-state index contributed by atoms with van der Waals surface area (Å²) in [5.41, 5.74) is 4.03. The van der Waals surface area contributed by atoms with E-state index in [9.17, 15) is 18.1 Å². The zero-order valence-corrected chi connectivity index (χ0v) is 20.2. The molecule has 1 N–H and O–H groups in total. The summed E-state index contributed by atoms with van der Waals surface area (Å²) in [4.78, 5) is 2.05. The number of aliphatic hydroxyl groups excluding tert-OH is 1. The molecule has 0 saturated carbocycles. The fourth-order valence-electron chi connectivity index (χ4n) is 2.99. The maximum atomic E-state index is 9.22. The molecule has 33 heavy (non-hydrogen) atoms. The number of hydrogen-bond acceptors (Lipinski definition) is 10. The smallest absolute Gasteiger partial charge is 0.409 e. The SMILES string of the molecule is CN(C)c1ccc(/N=N/c2sc3cc4cnn(CCO)c4cc3[n+]2C)cc1.COS(=O)(=O)[O-]. The van der Waals surface area contributed by atoms with Gasteiger partial charge in [-0.15, -0.1) is 0 Å². The van der Waals surface area contributed by atoms with Crippen molar-refractivity contribution in [3.8, 4) is 0 Å². The average Bonchev–Trinajstić information content (AvgIpc) is 3.31. The minimum atomic E-state index is -4.41. The summed E-state index contributed by atoms with van der Waals surface area (Å²) in [5.74, 6) is 0. The first-order chi connectivity index (χ1) is 15.6. The Morgan fingerprint density at radius 2 is 1.91 bits per heavy atom. The van der Waals surface area contributed by atoms with E-state index in [1.807, 2.05) is 60.9 Å². The first-order valence-electron chi connectivity index (χ1n) is 9.72. The average molecular weight is 493 g/mol. The van der Waals surface area contributed by atoms with E-state index in [-0.39, 0.29) is 6.61 Å². The molecule has 0 aliphatic carbocycles. The Labute approximate surface area is 195 Å². The van der Waals surface area contributed by atoms with Crippen LogP contribution < -0.4 is 9.47 Å². The number of thiazole rings is 1. The molecule has 0 bridgehead atoms. The van der Waals surface area contributed by atoms with Crippen LogP contribution in [0.25, 0.3) is 21.1 Å². The molecular formula is C20H24N6O5S2. The lowest BCUT2D eigenvalue weighted by Crippen LogP contribution is -2.25. The fraction of sp³-hybridized carbons (Fsp3) is 0.300. The molecule has 4 rings (SSSR count). The molecule has 0 aliphatic rings. The highest BCUT2D eigenvalue weighted by Crippen LogP contribution is 2.31. The van der Waals surface area contributed by atoms with Crippen molar-refractivity contribution in [2.24, 2.45) is 17.3 Å². The van der Waals surface area contributed by atoms with Gasteiger partial charge in [0, 0.05) is 31.2 Å². The molecular weight excluding hydrogens is 468 g/mol. The Morgan fingerprint density at radius 1 is 1.24 bits per heavy atom. The van der Waals surface area contributed by atoms with Gasteiger partial charge >= 0.3 is 5.13 Å². The Kier molecular flexibility index (Phi) is 7.71. The first-order valence-corrected chi connectivity index (χ1v) is 11.9. The second-order valence-electron chi connectivity index (χ2n) is 7.10. The van der Waals surface area contributed by atoms with Gasteiger partial charge in [0.05, 0.1) is 48.8 Å². The van der Waals surface area contributed by atoms with Crippen molar-refractivity contribution in [1.82, 2.24) is 9.78 Å². The molecule has 2 aromatic carbocycles. The topological polar surface area (TPSA) is 136 Å². The molecule has 4 aromatic rings. The number of anilines is 1. The van der Waals surface area contributed by atoms with Gasteiger partial charge in [0.2, 0.25) is 10.4 Å². The van der Waals surface area contributed by atoms with Gasteiger partial charge in [-0.05, 0) is 46.8 Å². The summed E-state index contributed by atoms with van der Waals surface area (Å²) in [5, 5.41) is 24.3. The van der Waals surface area contributed by atoms with Crippen LogP contribution in [0.3, 0.4) is 0 Å². The maximum Gasteiger partial charge on any atom is 0.409 e. The number of azo groups is 1. The number of benzene rings is 2. The molecule has 2 heterocycles. The zero-order chi connectivity index (χ0) is 24.2. The molecule has 11 nitrogen and oxygen atoms in total. The summed E-state index contributed by atoms with van der Waals surface area (Å²) in [6.07, 6.45) is 1.83. The van der Waals surface area contributed by atoms with E-state index in [1.54, 1.807) is 11.3 Å². The molecule has 0 amide bonds. The Balaban J connectivity index is 0.000000454. The predicted molar refractivity (Wildman–Crippen MR) is 125 cm³/mol. The molecule has 176 valence electrons. The van der Waals surface area contributed by atoms with Crippen molar-refractivity contribution in [2.45, 2.75) is 6.54 Å². The zero-order valence-electron chi connectivity index (χ0n) is 18.5. The van der Waals surface area contributed by atoms with Crippen LogP contribution in [0.1, 0.15) is 0 Å². The summed E-state index contributed by atoms with van der Waals surface area (Å²) >= 11 is 1.60. The van der Waals surface area contributed by atoms with Crippen LogP contribution in [0.5, 0.6) is 0 Å². The first kappa shape index (κ1) is 24.7. The lowest BCUT2D eigenvalue weighted by Gasteiger charge is -2.11. The van der Waals surface area contributed by atoms with Crippen LogP contribution in [-0.2, 0) is 28.2 Å². The number of hydrogen-bond donors (Lipinski definition) is 1. The standard InChI is InChI=1S/C19H21N6OS.CH4O4S/c1-23(2)15-6-4-14(5-7-15)21-22-19-24(3)17-11-16-13(10-18(17)27-19)12-20-25(16)8-9-26;1-5-6(2,3)4/h4-7,10-12,26H,8-9H2,1-3H3;1H3,(H,2,3,4)/q+1;/p-1. The van der Waals surface area contributed by atoms with Gasteiger partial charge in [-0.3, -0.25) is 8.86 Å². The molecule has 0 saturated heterocycles. The third-order valence-corrected chi connectivity index (χ3v) is 6.20. The maximum absolute atomic E-state index is 9.22. The second kappa shape index (κ2) is 10.3. The van der Waals surface area contributed by atoms with Gasteiger partial charge in [0.15, 0.2) is 0 Å². The van der Waals surface area contributed by atoms with Gasteiger partial charge in [-0.1, -0.05) is 0 Å². The number of aromatic nitrogens is 3. The van der Waals surface area contributed by atoms with E-state index in [4.69, 9.17) is 0 Å². The van der Waals surface area contributed by atoms with Crippen molar-refractivity contribution >= 4 is 59.4 Å². The van der Waals surface area contributed by atoms with Crippen molar-refractivity contribution in [2.75, 3.05) is 32.7 Å². The third-order valence-electron chi connectivity index (χ3n) is 4.71. The number of aliphatic hydroxyl groups is 1. The molecule has 13 heteroatoms. The lowest BCUT2D eigenvalue weighted by atomic mass is 10.2. The highest BCUT2D eigenvalue weighted by molar-refractivity contribution is 7.80. The fourth-order valence-corrected chi connectivity index (χ4v) is 3.99.